The van der Waals surface area contributed by atoms with Gasteiger partial charge in [0.05, 0.1) is 0 Å². The molecule has 3 nitrogen and oxygen atoms in total. The van der Waals surface area contributed by atoms with Gasteiger partial charge in [0.25, 0.3) is 0 Å². The molecule has 1 rings (SSSR count). The number of hydrogen-bond donors (Lipinski definition) is 2. The highest BCUT2D eigenvalue weighted by Gasteiger charge is 2.28. The molecule has 0 heterocycles. The summed E-state index contributed by atoms with van der Waals surface area (Å²) in [4.78, 5) is 10.0. The topological polar surface area (TPSA) is 49.3 Å². The minimum atomic E-state index is -0.958. The lowest BCUT2D eigenvalue weighted by molar-refractivity contribution is 0.176. The summed E-state index contributed by atoms with van der Waals surface area (Å²) < 4.78 is 0. The molecule has 1 fully saturated rings. The van der Waals surface area contributed by atoms with Crippen LogP contribution in [-0.4, -0.2) is 17.2 Å². The number of terminal acetylenes is 1. The van der Waals surface area contributed by atoms with Crippen molar-refractivity contribution in [2.75, 3.05) is 0 Å². The fourth-order valence-corrected chi connectivity index (χ4v) is 1.05. The predicted octanol–water partition coefficient (Wildman–Crippen LogP) is 0.666. The van der Waals surface area contributed by atoms with Crippen molar-refractivity contribution >= 4 is 6.09 Å². The maximum atomic E-state index is 10.0. The second-order valence-electron chi connectivity index (χ2n) is 2.48. The van der Waals surface area contributed by atoms with Crippen molar-refractivity contribution in [1.82, 2.24) is 5.32 Å². The van der Waals surface area contributed by atoms with Gasteiger partial charge in [0, 0.05) is 12.0 Å². The lowest BCUT2D eigenvalue weighted by Gasteiger charge is -2.31. The standard InChI is InChI=1S/C7H9NO2/c1-2-5-3-6(4-5)8-7(9)10/h1,5-6,8H,3-4H2,(H,9,10)/t5-,6-. The van der Waals surface area contributed by atoms with Gasteiger partial charge in [-0.3, -0.25) is 0 Å². The van der Waals surface area contributed by atoms with Crippen molar-refractivity contribution in [3.63, 3.8) is 0 Å². The molecule has 0 atom stereocenters. The van der Waals surface area contributed by atoms with Gasteiger partial charge in [0.1, 0.15) is 0 Å². The van der Waals surface area contributed by atoms with E-state index in [-0.39, 0.29) is 12.0 Å². The van der Waals surface area contributed by atoms with Gasteiger partial charge >= 0.3 is 6.09 Å². The SMILES string of the molecule is C#C[C@H]1C[C@H](NC(=O)O)C1. The number of carboxylic acid groups (broad SMARTS) is 1. The van der Waals surface area contributed by atoms with Crippen LogP contribution in [0.3, 0.4) is 0 Å². The van der Waals surface area contributed by atoms with Crippen molar-refractivity contribution in [3.8, 4) is 12.3 Å². The van der Waals surface area contributed by atoms with E-state index in [4.69, 9.17) is 11.5 Å². The first-order valence-corrected chi connectivity index (χ1v) is 3.18. The van der Waals surface area contributed by atoms with Gasteiger partial charge in [-0.2, -0.15) is 0 Å². The van der Waals surface area contributed by atoms with E-state index in [0.717, 1.165) is 12.8 Å². The van der Waals surface area contributed by atoms with Gasteiger partial charge in [-0.25, -0.2) is 4.79 Å². The summed E-state index contributed by atoms with van der Waals surface area (Å²) in [5.41, 5.74) is 0. The molecule has 0 spiro atoms. The molecule has 0 radical (unpaired) electrons. The van der Waals surface area contributed by atoms with E-state index in [1.54, 1.807) is 0 Å². The van der Waals surface area contributed by atoms with E-state index in [2.05, 4.69) is 11.2 Å². The van der Waals surface area contributed by atoms with Crippen molar-refractivity contribution in [3.05, 3.63) is 0 Å². The third-order valence-electron chi connectivity index (χ3n) is 1.70. The van der Waals surface area contributed by atoms with Crippen LogP contribution in [0.2, 0.25) is 0 Å². The second-order valence-corrected chi connectivity index (χ2v) is 2.48. The molecule has 0 saturated heterocycles. The highest BCUT2D eigenvalue weighted by atomic mass is 16.4. The molecule has 1 aliphatic carbocycles. The Kier molecular flexibility index (Phi) is 1.81. The van der Waals surface area contributed by atoms with Crippen LogP contribution in [0.4, 0.5) is 4.79 Å². The molecule has 1 amide bonds. The van der Waals surface area contributed by atoms with E-state index in [1.807, 2.05) is 0 Å². The van der Waals surface area contributed by atoms with Gasteiger partial charge in [0.15, 0.2) is 0 Å². The third kappa shape index (κ3) is 1.41. The van der Waals surface area contributed by atoms with Crippen LogP contribution in [-0.2, 0) is 0 Å². The number of rotatable bonds is 1. The Hall–Kier alpha value is -1.17. The zero-order valence-electron chi connectivity index (χ0n) is 5.50. The van der Waals surface area contributed by atoms with Crippen molar-refractivity contribution in [2.24, 2.45) is 5.92 Å². The first kappa shape index (κ1) is 6.94. The van der Waals surface area contributed by atoms with Gasteiger partial charge in [-0.05, 0) is 12.8 Å². The molecule has 0 aromatic carbocycles. The van der Waals surface area contributed by atoms with Crippen molar-refractivity contribution in [2.45, 2.75) is 18.9 Å². The molecule has 3 heteroatoms. The molecule has 54 valence electrons. The predicted molar refractivity (Wildman–Crippen MR) is 36.5 cm³/mol. The number of amides is 1. The van der Waals surface area contributed by atoms with Crippen LogP contribution < -0.4 is 5.32 Å². The number of nitrogens with one attached hydrogen (secondary N) is 1. The smallest absolute Gasteiger partial charge is 0.404 e. The second kappa shape index (κ2) is 2.61. The maximum absolute atomic E-state index is 10.0. The monoisotopic (exact) mass is 139 g/mol. The van der Waals surface area contributed by atoms with Crippen LogP contribution in [0.25, 0.3) is 0 Å². The Morgan fingerprint density at radius 2 is 2.30 bits per heavy atom. The summed E-state index contributed by atoms with van der Waals surface area (Å²) in [6.07, 6.45) is 5.73. The summed E-state index contributed by atoms with van der Waals surface area (Å²) in [6.45, 7) is 0. The number of carbonyl (C=O) groups is 1. The number of hydrogen-bond acceptors (Lipinski definition) is 1. The Labute approximate surface area is 59.4 Å². The van der Waals surface area contributed by atoms with Gasteiger partial charge in [-0.1, -0.05) is 0 Å². The summed E-state index contributed by atoms with van der Waals surface area (Å²) in [6, 6.07) is 0.0959. The first-order chi connectivity index (χ1) is 4.72. The van der Waals surface area contributed by atoms with Gasteiger partial charge < -0.3 is 10.4 Å². The molecular formula is C7H9NO2. The average Bonchev–Trinajstić information content (AvgIpc) is 1.76. The Balaban J connectivity index is 2.16. The Bertz CT molecular complexity index is 177. The highest BCUT2D eigenvalue weighted by Crippen LogP contribution is 2.25. The largest absolute Gasteiger partial charge is 0.465 e. The van der Waals surface area contributed by atoms with Gasteiger partial charge in [0.2, 0.25) is 0 Å². The Morgan fingerprint density at radius 3 is 2.70 bits per heavy atom. The molecule has 0 bridgehead atoms. The van der Waals surface area contributed by atoms with E-state index < -0.39 is 6.09 Å². The van der Waals surface area contributed by atoms with E-state index in [1.165, 1.54) is 0 Å². The lowest BCUT2D eigenvalue weighted by Crippen LogP contribution is -2.43. The summed E-state index contributed by atoms with van der Waals surface area (Å²) in [7, 11) is 0. The zero-order chi connectivity index (χ0) is 7.56. The minimum Gasteiger partial charge on any atom is -0.465 e. The summed E-state index contributed by atoms with van der Waals surface area (Å²) in [5.74, 6) is 2.86. The maximum Gasteiger partial charge on any atom is 0.404 e. The van der Waals surface area contributed by atoms with Crippen LogP contribution in [0.15, 0.2) is 0 Å². The molecule has 0 aromatic heterocycles. The molecule has 0 aliphatic heterocycles. The van der Waals surface area contributed by atoms with Crippen LogP contribution >= 0.6 is 0 Å². The van der Waals surface area contributed by atoms with E-state index >= 15 is 0 Å². The van der Waals surface area contributed by atoms with E-state index in [0.29, 0.717) is 0 Å². The minimum absolute atomic E-state index is 0.0959. The summed E-state index contributed by atoms with van der Waals surface area (Å²) >= 11 is 0. The Morgan fingerprint density at radius 1 is 1.70 bits per heavy atom. The first-order valence-electron chi connectivity index (χ1n) is 3.18. The highest BCUT2D eigenvalue weighted by molar-refractivity contribution is 5.65. The fourth-order valence-electron chi connectivity index (χ4n) is 1.05. The molecule has 0 aromatic rings. The van der Waals surface area contributed by atoms with Crippen LogP contribution in [0.1, 0.15) is 12.8 Å². The molecule has 10 heavy (non-hydrogen) atoms. The third-order valence-corrected chi connectivity index (χ3v) is 1.70. The summed E-state index contributed by atoms with van der Waals surface area (Å²) in [5, 5.41) is 10.6. The van der Waals surface area contributed by atoms with Crippen LogP contribution in [0, 0.1) is 18.3 Å². The average molecular weight is 139 g/mol. The molecule has 1 saturated carbocycles. The van der Waals surface area contributed by atoms with E-state index in [9.17, 15) is 4.79 Å². The fraction of sp³-hybridized carbons (Fsp3) is 0.571. The lowest BCUT2D eigenvalue weighted by atomic mass is 9.81. The molecule has 1 aliphatic rings. The van der Waals surface area contributed by atoms with Gasteiger partial charge in [-0.15, -0.1) is 12.3 Å². The van der Waals surface area contributed by atoms with Crippen molar-refractivity contribution in [1.29, 1.82) is 0 Å². The molecular weight excluding hydrogens is 130 g/mol. The molecule has 2 N–H and O–H groups in total. The zero-order valence-corrected chi connectivity index (χ0v) is 5.50. The normalized spacial score (nSPS) is 29.9. The van der Waals surface area contributed by atoms with Crippen molar-refractivity contribution < 1.29 is 9.90 Å². The van der Waals surface area contributed by atoms with Crippen LogP contribution in [0.5, 0.6) is 0 Å². The quantitative estimate of drug-likeness (QED) is 0.524. The molecule has 0 unspecified atom stereocenters.